The number of nitrogens with one attached hydrogen (secondary N) is 1. The van der Waals surface area contributed by atoms with Crippen molar-refractivity contribution in [1.82, 2.24) is 4.90 Å². The summed E-state index contributed by atoms with van der Waals surface area (Å²) in [4.78, 5) is 26.3. The summed E-state index contributed by atoms with van der Waals surface area (Å²) in [6.07, 6.45) is 0.253. The minimum Gasteiger partial charge on any atom is -0.497 e. The van der Waals surface area contributed by atoms with Gasteiger partial charge in [0.2, 0.25) is 11.8 Å². The zero-order chi connectivity index (χ0) is 16.9. The van der Waals surface area contributed by atoms with E-state index in [0.29, 0.717) is 24.5 Å². The van der Waals surface area contributed by atoms with Crippen LogP contribution in [0.15, 0.2) is 54.6 Å². The van der Waals surface area contributed by atoms with Gasteiger partial charge in [-0.2, -0.15) is 0 Å². The molecule has 0 aliphatic carbocycles. The third-order valence-electron chi connectivity index (χ3n) is 4.14. The number of nitrogens with zero attached hydrogens (tertiary/aromatic N) is 1. The Kier molecular flexibility index (Phi) is 4.79. The smallest absolute Gasteiger partial charge is 0.229 e. The van der Waals surface area contributed by atoms with Crippen molar-refractivity contribution in [1.29, 1.82) is 0 Å². The van der Waals surface area contributed by atoms with Crippen LogP contribution in [0, 0.1) is 5.92 Å². The second-order valence-corrected chi connectivity index (χ2v) is 5.88. The fourth-order valence-electron chi connectivity index (χ4n) is 2.85. The number of methoxy groups -OCH3 is 1. The van der Waals surface area contributed by atoms with Gasteiger partial charge in [-0.05, 0) is 17.7 Å². The Morgan fingerprint density at radius 2 is 2.00 bits per heavy atom. The molecular weight excluding hydrogens is 304 g/mol. The molecule has 2 aromatic carbocycles. The molecule has 0 radical (unpaired) electrons. The quantitative estimate of drug-likeness (QED) is 0.920. The largest absolute Gasteiger partial charge is 0.497 e. The van der Waals surface area contributed by atoms with Gasteiger partial charge in [0, 0.05) is 31.3 Å². The van der Waals surface area contributed by atoms with E-state index in [4.69, 9.17) is 4.74 Å². The SMILES string of the molecule is COc1cccc(NC(=O)[C@@H]2CC(=O)N(Cc3ccccc3)C2)c1. The van der Waals surface area contributed by atoms with Gasteiger partial charge in [-0.1, -0.05) is 36.4 Å². The second kappa shape index (κ2) is 7.17. The number of ether oxygens (including phenoxy) is 1. The van der Waals surface area contributed by atoms with Gasteiger partial charge >= 0.3 is 0 Å². The van der Waals surface area contributed by atoms with E-state index in [2.05, 4.69) is 5.32 Å². The van der Waals surface area contributed by atoms with E-state index in [1.807, 2.05) is 42.5 Å². The Morgan fingerprint density at radius 1 is 1.21 bits per heavy atom. The van der Waals surface area contributed by atoms with Gasteiger partial charge in [0.1, 0.15) is 5.75 Å². The van der Waals surface area contributed by atoms with Crippen molar-refractivity contribution in [2.24, 2.45) is 5.92 Å². The first-order valence-corrected chi connectivity index (χ1v) is 7.92. The third kappa shape index (κ3) is 3.74. The number of likely N-dealkylation sites (tertiary alicyclic amines) is 1. The van der Waals surface area contributed by atoms with Crippen LogP contribution >= 0.6 is 0 Å². The highest BCUT2D eigenvalue weighted by Gasteiger charge is 2.34. The molecule has 0 unspecified atom stereocenters. The van der Waals surface area contributed by atoms with Crippen LogP contribution in [0.4, 0.5) is 5.69 Å². The maximum absolute atomic E-state index is 12.4. The minimum atomic E-state index is -0.326. The summed E-state index contributed by atoms with van der Waals surface area (Å²) >= 11 is 0. The number of hydrogen-bond acceptors (Lipinski definition) is 3. The van der Waals surface area contributed by atoms with Gasteiger partial charge < -0.3 is 15.0 Å². The van der Waals surface area contributed by atoms with Crippen molar-refractivity contribution >= 4 is 17.5 Å². The van der Waals surface area contributed by atoms with Crippen LogP contribution in [0.2, 0.25) is 0 Å². The average molecular weight is 324 g/mol. The molecule has 124 valence electrons. The Hall–Kier alpha value is -2.82. The highest BCUT2D eigenvalue weighted by Crippen LogP contribution is 2.23. The topological polar surface area (TPSA) is 58.6 Å². The van der Waals surface area contributed by atoms with E-state index in [-0.39, 0.29) is 24.2 Å². The van der Waals surface area contributed by atoms with E-state index in [0.717, 1.165) is 5.56 Å². The van der Waals surface area contributed by atoms with Gasteiger partial charge in [0.05, 0.1) is 13.0 Å². The zero-order valence-corrected chi connectivity index (χ0v) is 13.6. The first-order chi connectivity index (χ1) is 11.7. The first kappa shape index (κ1) is 16.1. The van der Waals surface area contributed by atoms with Gasteiger partial charge in [-0.25, -0.2) is 0 Å². The monoisotopic (exact) mass is 324 g/mol. The molecule has 2 amide bonds. The van der Waals surface area contributed by atoms with Crippen molar-refractivity contribution in [3.8, 4) is 5.75 Å². The molecular formula is C19H20N2O3. The summed E-state index contributed by atoms with van der Waals surface area (Å²) in [5.41, 5.74) is 1.74. The summed E-state index contributed by atoms with van der Waals surface area (Å²) in [7, 11) is 1.58. The Bertz CT molecular complexity index is 730. The van der Waals surface area contributed by atoms with Crippen molar-refractivity contribution < 1.29 is 14.3 Å². The number of hydrogen-bond donors (Lipinski definition) is 1. The molecule has 1 aliphatic heterocycles. The standard InChI is InChI=1S/C19H20N2O3/c1-24-17-9-5-8-16(11-17)20-19(23)15-10-18(22)21(13-15)12-14-6-3-2-4-7-14/h2-9,11,15H,10,12-13H2,1H3,(H,20,23)/t15-/m1/s1. The Morgan fingerprint density at radius 3 is 2.75 bits per heavy atom. The lowest BCUT2D eigenvalue weighted by Gasteiger charge is -2.16. The zero-order valence-electron chi connectivity index (χ0n) is 13.6. The summed E-state index contributed by atoms with van der Waals surface area (Å²) < 4.78 is 5.15. The van der Waals surface area contributed by atoms with Crippen molar-refractivity contribution in [3.63, 3.8) is 0 Å². The molecule has 5 nitrogen and oxygen atoms in total. The molecule has 1 fully saturated rings. The molecule has 1 atom stereocenters. The molecule has 0 bridgehead atoms. The van der Waals surface area contributed by atoms with Gasteiger partial charge in [0.25, 0.3) is 0 Å². The van der Waals surface area contributed by atoms with Gasteiger partial charge in [0.15, 0.2) is 0 Å². The molecule has 1 heterocycles. The fourth-order valence-corrected chi connectivity index (χ4v) is 2.85. The van der Waals surface area contributed by atoms with Gasteiger partial charge in [-0.3, -0.25) is 9.59 Å². The lowest BCUT2D eigenvalue weighted by molar-refractivity contribution is -0.128. The molecule has 3 rings (SSSR count). The van der Waals surface area contributed by atoms with Gasteiger partial charge in [-0.15, -0.1) is 0 Å². The number of carbonyl (C=O) groups is 2. The highest BCUT2D eigenvalue weighted by molar-refractivity contribution is 5.97. The summed E-state index contributed by atoms with van der Waals surface area (Å²) in [6.45, 7) is 0.992. The molecule has 0 saturated carbocycles. The Balaban J connectivity index is 1.61. The normalized spacial score (nSPS) is 17.0. The highest BCUT2D eigenvalue weighted by atomic mass is 16.5. The maximum atomic E-state index is 12.4. The van der Waals surface area contributed by atoms with Crippen molar-refractivity contribution in [3.05, 3.63) is 60.2 Å². The van der Waals surface area contributed by atoms with E-state index in [9.17, 15) is 9.59 Å². The fraction of sp³-hybridized carbons (Fsp3) is 0.263. The van der Waals surface area contributed by atoms with E-state index in [1.54, 1.807) is 24.1 Å². The third-order valence-corrected chi connectivity index (χ3v) is 4.14. The molecule has 2 aromatic rings. The molecule has 1 N–H and O–H groups in total. The maximum Gasteiger partial charge on any atom is 0.229 e. The van der Waals surface area contributed by atoms with E-state index in [1.165, 1.54) is 0 Å². The summed E-state index contributed by atoms with van der Waals surface area (Å²) in [5.74, 6) is 0.241. The second-order valence-electron chi connectivity index (χ2n) is 5.88. The lowest BCUT2D eigenvalue weighted by Crippen LogP contribution is -2.28. The number of rotatable bonds is 5. The first-order valence-electron chi connectivity index (χ1n) is 7.92. The molecule has 1 saturated heterocycles. The van der Waals surface area contributed by atoms with Crippen LogP contribution in [-0.4, -0.2) is 30.4 Å². The number of amides is 2. The van der Waals surface area contributed by atoms with Crippen molar-refractivity contribution in [2.45, 2.75) is 13.0 Å². The molecule has 5 heteroatoms. The van der Waals surface area contributed by atoms with E-state index < -0.39 is 0 Å². The average Bonchev–Trinajstić information content (AvgIpc) is 2.97. The number of benzene rings is 2. The molecule has 0 aromatic heterocycles. The molecule has 1 aliphatic rings. The Labute approximate surface area is 141 Å². The minimum absolute atomic E-state index is 0.0182. The van der Waals surface area contributed by atoms with Crippen LogP contribution in [0.5, 0.6) is 5.75 Å². The molecule has 0 spiro atoms. The van der Waals surface area contributed by atoms with Crippen LogP contribution in [0.25, 0.3) is 0 Å². The van der Waals surface area contributed by atoms with Crippen molar-refractivity contribution in [2.75, 3.05) is 19.0 Å². The number of anilines is 1. The van der Waals surface area contributed by atoms with Crippen LogP contribution in [0.1, 0.15) is 12.0 Å². The van der Waals surface area contributed by atoms with Crippen LogP contribution in [0.3, 0.4) is 0 Å². The van der Waals surface area contributed by atoms with Crippen LogP contribution < -0.4 is 10.1 Å². The summed E-state index contributed by atoms with van der Waals surface area (Å²) in [6, 6.07) is 17.0. The molecule has 24 heavy (non-hydrogen) atoms. The van der Waals surface area contributed by atoms with E-state index >= 15 is 0 Å². The number of carbonyl (C=O) groups excluding carboxylic acids is 2. The van der Waals surface area contributed by atoms with Crippen LogP contribution in [-0.2, 0) is 16.1 Å². The predicted octanol–water partition coefficient (Wildman–Crippen LogP) is 2.68. The summed E-state index contributed by atoms with van der Waals surface area (Å²) in [5, 5.41) is 2.87. The predicted molar refractivity (Wildman–Crippen MR) is 91.6 cm³/mol. The lowest BCUT2D eigenvalue weighted by atomic mass is 10.1.